The molecule has 0 bridgehead atoms. The molecule has 2 N–H and O–H groups in total. The minimum Gasteiger partial charge on any atom is -0.465 e. The molecule has 1 aliphatic heterocycles. The van der Waals surface area contributed by atoms with Crippen LogP contribution in [0, 0.1) is 0 Å². The van der Waals surface area contributed by atoms with Gasteiger partial charge in [-0.25, -0.2) is 14.8 Å². The van der Waals surface area contributed by atoms with Gasteiger partial charge in [-0.1, -0.05) is 0 Å². The smallest absolute Gasteiger partial charge is 0.407 e. The van der Waals surface area contributed by atoms with Gasteiger partial charge in [0.15, 0.2) is 0 Å². The Morgan fingerprint density at radius 2 is 2.42 bits per heavy atom. The van der Waals surface area contributed by atoms with E-state index < -0.39 is 6.09 Å². The Hall–Kier alpha value is -1.41. The Morgan fingerprint density at radius 1 is 1.58 bits per heavy atom. The van der Waals surface area contributed by atoms with Crippen LogP contribution in [0.15, 0.2) is 16.2 Å². The number of nitrogens with one attached hydrogen (secondary N) is 1. The van der Waals surface area contributed by atoms with Crippen LogP contribution in [0.1, 0.15) is 6.42 Å². The van der Waals surface area contributed by atoms with E-state index >= 15 is 0 Å². The van der Waals surface area contributed by atoms with Crippen LogP contribution in [0.25, 0.3) is 10.2 Å². The topological polar surface area (TPSA) is 78.4 Å². The molecule has 19 heavy (non-hydrogen) atoms. The first-order valence-electron chi connectivity index (χ1n) is 5.78. The van der Waals surface area contributed by atoms with E-state index in [0.29, 0.717) is 13.1 Å². The molecule has 0 unspecified atom stereocenters. The third kappa shape index (κ3) is 2.50. The number of carboxylic acid groups (broad SMARTS) is 1. The van der Waals surface area contributed by atoms with Gasteiger partial charge in [0, 0.05) is 19.1 Å². The lowest BCUT2D eigenvalue weighted by Crippen LogP contribution is -2.30. The van der Waals surface area contributed by atoms with E-state index in [1.54, 1.807) is 11.3 Å². The van der Waals surface area contributed by atoms with Crippen LogP contribution in [-0.2, 0) is 0 Å². The molecule has 3 rings (SSSR count). The number of fused-ring (bicyclic) bond motifs is 1. The van der Waals surface area contributed by atoms with Gasteiger partial charge in [0.05, 0.1) is 9.17 Å². The van der Waals surface area contributed by atoms with E-state index in [4.69, 9.17) is 5.11 Å². The number of halogens is 1. The van der Waals surface area contributed by atoms with Crippen LogP contribution in [0.5, 0.6) is 0 Å². The van der Waals surface area contributed by atoms with Gasteiger partial charge in [-0.15, -0.1) is 11.3 Å². The highest BCUT2D eigenvalue weighted by Crippen LogP contribution is 2.32. The highest BCUT2D eigenvalue weighted by Gasteiger charge is 2.26. The van der Waals surface area contributed by atoms with E-state index in [9.17, 15) is 4.79 Å². The number of hydrogen-bond acceptors (Lipinski definition) is 5. The fourth-order valence-electron chi connectivity index (χ4n) is 2.19. The zero-order chi connectivity index (χ0) is 13.4. The van der Waals surface area contributed by atoms with Crippen molar-refractivity contribution in [3.63, 3.8) is 0 Å². The minimum atomic E-state index is -0.865. The second kappa shape index (κ2) is 4.93. The number of amides is 1. The lowest BCUT2D eigenvalue weighted by molar-refractivity contribution is 0.155. The lowest BCUT2D eigenvalue weighted by Gasteiger charge is -2.14. The summed E-state index contributed by atoms with van der Waals surface area (Å²) in [6.45, 7) is 1.06. The van der Waals surface area contributed by atoms with E-state index in [-0.39, 0.29) is 6.04 Å². The second-order valence-corrected chi connectivity index (χ2v) is 6.76. The third-order valence-corrected chi connectivity index (χ3v) is 4.65. The van der Waals surface area contributed by atoms with Crippen molar-refractivity contribution in [3.05, 3.63) is 16.2 Å². The van der Waals surface area contributed by atoms with Gasteiger partial charge in [0.2, 0.25) is 0 Å². The fourth-order valence-corrected chi connectivity index (χ4v) is 3.60. The maximum absolute atomic E-state index is 10.9. The number of aromatic nitrogens is 2. The molecular formula is C11H11BrN4O2S. The molecular weight excluding hydrogens is 332 g/mol. The number of rotatable bonds is 2. The molecule has 0 spiro atoms. The van der Waals surface area contributed by atoms with E-state index in [2.05, 4.69) is 31.2 Å². The summed E-state index contributed by atoms with van der Waals surface area (Å²) in [7, 11) is 0. The molecule has 0 aromatic carbocycles. The lowest BCUT2D eigenvalue weighted by atomic mass is 10.2. The normalized spacial score (nSPS) is 19.0. The van der Waals surface area contributed by atoms with Gasteiger partial charge in [0.1, 0.15) is 17.0 Å². The molecule has 0 saturated carbocycles. The van der Waals surface area contributed by atoms with Crippen molar-refractivity contribution in [1.29, 1.82) is 0 Å². The zero-order valence-electron chi connectivity index (χ0n) is 9.84. The first kappa shape index (κ1) is 12.6. The van der Waals surface area contributed by atoms with E-state index in [1.165, 1.54) is 11.2 Å². The van der Waals surface area contributed by atoms with Gasteiger partial charge >= 0.3 is 6.09 Å². The molecule has 1 fully saturated rings. The largest absolute Gasteiger partial charge is 0.465 e. The number of thiophene rings is 1. The van der Waals surface area contributed by atoms with Gasteiger partial charge in [-0.2, -0.15) is 0 Å². The summed E-state index contributed by atoms with van der Waals surface area (Å²) < 4.78 is 1.00. The molecule has 8 heteroatoms. The Bertz CT molecular complexity index is 632. The van der Waals surface area contributed by atoms with Crippen LogP contribution in [-0.4, -0.2) is 45.2 Å². The van der Waals surface area contributed by atoms with Gasteiger partial charge < -0.3 is 15.3 Å². The summed E-state index contributed by atoms with van der Waals surface area (Å²) in [6.07, 6.45) is 1.45. The Balaban J connectivity index is 1.80. The van der Waals surface area contributed by atoms with Crippen molar-refractivity contribution < 1.29 is 9.90 Å². The molecule has 1 aliphatic rings. The maximum atomic E-state index is 10.9. The van der Waals surface area contributed by atoms with Gasteiger partial charge in [-0.05, 0) is 28.4 Å². The van der Waals surface area contributed by atoms with Gasteiger partial charge in [0.25, 0.3) is 0 Å². The molecule has 0 radical (unpaired) electrons. The monoisotopic (exact) mass is 342 g/mol. The van der Waals surface area contributed by atoms with Gasteiger partial charge in [-0.3, -0.25) is 0 Å². The summed E-state index contributed by atoms with van der Waals surface area (Å²) in [5.74, 6) is 0.768. The van der Waals surface area contributed by atoms with E-state index in [1.807, 2.05) is 6.07 Å². The van der Waals surface area contributed by atoms with Crippen LogP contribution >= 0.6 is 27.3 Å². The van der Waals surface area contributed by atoms with Crippen LogP contribution in [0.2, 0.25) is 0 Å². The second-order valence-electron chi connectivity index (χ2n) is 4.35. The Morgan fingerprint density at radius 3 is 3.16 bits per heavy atom. The molecule has 1 atom stereocenters. The summed E-state index contributed by atoms with van der Waals surface area (Å²) >= 11 is 4.99. The van der Waals surface area contributed by atoms with Crippen LogP contribution in [0.3, 0.4) is 0 Å². The van der Waals surface area contributed by atoms with Crippen LogP contribution in [0.4, 0.5) is 10.6 Å². The molecule has 6 nitrogen and oxygen atoms in total. The maximum Gasteiger partial charge on any atom is 0.407 e. The number of hydrogen-bond donors (Lipinski definition) is 2. The fraction of sp³-hybridized carbons (Fsp3) is 0.364. The van der Waals surface area contributed by atoms with Crippen LogP contribution < -0.4 is 5.32 Å². The first-order chi connectivity index (χ1) is 9.13. The van der Waals surface area contributed by atoms with E-state index in [0.717, 1.165) is 26.2 Å². The average molecular weight is 343 g/mol. The number of nitrogens with zero attached hydrogens (tertiary/aromatic N) is 3. The highest BCUT2D eigenvalue weighted by molar-refractivity contribution is 9.11. The predicted molar refractivity (Wildman–Crippen MR) is 76.7 cm³/mol. The summed E-state index contributed by atoms with van der Waals surface area (Å²) in [4.78, 5) is 21.7. The van der Waals surface area contributed by atoms with Crippen molar-refractivity contribution >= 4 is 49.4 Å². The van der Waals surface area contributed by atoms with Crippen molar-refractivity contribution in [2.45, 2.75) is 12.5 Å². The zero-order valence-corrected chi connectivity index (χ0v) is 12.2. The summed E-state index contributed by atoms with van der Waals surface area (Å²) in [5.41, 5.74) is 0. The van der Waals surface area contributed by atoms with Crippen molar-refractivity contribution in [2.75, 3.05) is 18.4 Å². The summed E-state index contributed by atoms with van der Waals surface area (Å²) in [6, 6.07) is 2.08. The predicted octanol–water partition coefficient (Wildman–Crippen LogP) is 2.62. The molecule has 3 heterocycles. The van der Waals surface area contributed by atoms with Crippen molar-refractivity contribution in [1.82, 2.24) is 14.9 Å². The first-order valence-corrected chi connectivity index (χ1v) is 7.39. The summed E-state index contributed by atoms with van der Waals surface area (Å²) in [5, 5.41) is 13.2. The molecule has 1 saturated heterocycles. The Kier molecular flexibility index (Phi) is 3.28. The third-order valence-electron chi connectivity index (χ3n) is 3.10. The standard InChI is InChI=1S/C11H11BrN4O2S/c12-8-3-7-9(13-5-14-10(7)19-8)15-6-1-2-16(4-6)11(17)18/h3,5-6H,1-2,4H2,(H,17,18)(H,13,14,15)/t6-/m0/s1. The molecule has 2 aromatic rings. The SMILES string of the molecule is O=C(O)N1CC[C@H](Nc2ncnc3sc(Br)cc23)C1. The molecule has 0 aliphatic carbocycles. The molecule has 2 aromatic heterocycles. The number of carbonyl (C=O) groups is 1. The molecule has 1 amide bonds. The quantitative estimate of drug-likeness (QED) is 0.876. The van der Waals surface area contributed by atoms with Crippen molar-refractivity contribution in [3.8, 4) is 0 Å². The highest BCUT2D eigenvalue weighted by atomic mass is 79.9. The molecule has 100 valence electrons. The van der Waals surface area contributed by atoms with Crippen molar-refractivity contribution in [2.24, 2.45) is 0 Å². The number of likely N-dealkylation sites (tertiary alicyclic amines) is 1. The minimum absolute atomic E-state index is 0.105. The average Bonchev–Trinajstić information content (AvgIpc) is 2.95. The number of anilines is 1. The Labute approximate surface area is 121 Å².